The summed E-state index contributed by atoms with van der Waals surface area (Å²) in [6.07, 6.45) is 0. The van der Waals surface area contributed by atoms with Crippen LogP contribution in [0.3, 0.4) is 0 Å². The highest BCUT2D eigenvalue weighted by molar-refractivity contribution is 5.52. The van der Waals surface area contributed by atoms with Crippen molar-refractivity contribution in [1.29, 1.82) is 0 Å². The molecule has 102 valence electrons. The van der Waals surface area contributed by atoms with Gasteiger partial charge in [0.1, 0.15) is 0 Å². The van der Waals surface area contributed by atoms with Crippen LogP contribution in [0.4, 0.5) is 8.78 Å². The Morgan fingerprint density at radius 3 is 1.94 bits per heavy atom. The fraction of sp³-hybridized carbons (Fsp3) is 0.538. The summed E-state index contributed by atoms with van der Waals surface area (Å²) in [5.41, 5.74) is 5.55. The monoisotopic (exact) mass is 259 g/mol. The fourth-order valence-corrected chi connectivity index (χ4v) is 1.66. The number of ether oxygens (including phenoxy) is 2. The molecule has 0 radical (unpaired) electrons. The lowest BCUT2D eigenvalue weighted by Gasteiger charge is -2.24. The van der Waals surface area contributed by atoms with Gasteiger partial charge in [-0.3, -0.25) is 0 Å². The van der Waals surface area contributed by atoms with E-state index in [0.29, 0.717) is 5.56 Å². The Morgan fingerprint density at radius 2 is 1.61 bits per heavy atom. The van der Waals surface area contributed by atoms with Crippen molar-refractivity contribution in [2.24, 2.45) is 5.73 Å². The van der Waals surface area contributed by atoms with Crippen LogP contribution in [0.2, 0.25) is 0 Å². The molecular weight excluding hydrogens is 240 g/mol. The number of hydrogen-bond acceptors (Lipinski definition) is 3. The SMILES string of the molecule is COc1cc(C(C)(C)N)cc(C(C)(F)F)c1OC. The Hall–Kier alpha value is -1.36. The molecule has 0 aromatic heterocycles. The lowest BCUT2D eigenvalue weighted by atomic mass is 9.92. The molecule has 5 heteroatoms. The van der Waals surface area contributed by atoms with Crippen molar-refractivity contribution in [3.63, 3.8) is 0 Å². The van der Waals surface area contributed by atoms with Gasteiger partial charge in [-0.2, -0.15) is 0 Å². The molecule has 0 fully saturated rings. The van der Waals surface area contributed by atoms with Crippen LogP contribution < -0.4 is 15.2 Å². The number of benzene rings is 1. The summed E-state index contributed by atoms with van der Waals surface area (Å²) < 4.78 is 37.3. The molecule has 0 bridgehead atoms. The van der Waals surface area contributed by atoms with Gasteiger partial charge in [0.25, 0.3) is 5.92 Å². The minimum Gasteiger partial charge on any atom is -0.493 e. The molecule has 0 saturated carbocycles. The van der Waals surface area contributed by atoms with Gasteiger partial charge in [-0.1, -0.05) is 0 Å². The maximum atomic E-state index is 13.6. The fourth-order valence-electron chi connectivity index (χ4n) is 1.66. The van der Waals surface area contributed by atoms with E-state index in [1.54, 1.807) is 19.9 Å². The van der Waals surface area contributed by atoms with Crippen LogP contribution in [0.15, 0.2) is 12.1 Å². The van der Waals surface area contributed by atoms with Gasteiger partial charge in [-0.05, 0) is 31.5 Å². The highest BCUT2D eigenvalue weighted by Crippen LogP contribution is 2.42. The third kappa shape index (κ3) is 2.90. The summed E-state index contributed by atoms with van der Waals surface area (Å²) in [4.78, 5) is 0. The zero-order chi connectivity index (χ0) is 14.1. The van der Waals surface area contributed by atoms with Crippen molar-refractivity contribution < 1.29 is 18.3 Å². The van der Waals surface area contributed by atoms with Crippen molar-refractivity contribution in [3.8, 4) is 11.5 Å². The van der Waals surface area contributed by atoms with E-state index in [0.717, 1.165) is 6.92 Å². The first kappa shape index (κ1) is 14.7. The van der Waals surface area contributed by atoms with E-state index in [1.807, 2.05) is 0 Å². The van der Waals surface area contributed by atoms with Gasteiger partial charge in [0.2, 0.25) is 0 Å². The van der Waals surface area contributed by atoms with Gasteiger partial charge in [0.15, 0.2) is 11.5 Å². The number of hydrogen-bond donors (Lipinski definition) is 1. The third-order valence-corrected chi connectivity index (χ3v) is 2.70. The van der Waals surface area contributed by atoms with Crippen LogP contribution >= 0.6 is 0 Å². The maximum absolute atomic E-state index is 13.6. The zero-order valence-electron chi connectivity index (χ0n) is 11.3. The van der Waals surface area contributed by atoms with Crippen molar-refractivity contribution in [2.45, 2.75) is 32.2 Å². The standard InChI is InChI=1S/C13H19F2NO2/c1-12(2,16)8-6-9(13(3,14)15)11(18-5)10(7-8)17-4/h6-7H,16H2,1-5H3. The molecule has 0 aliphatic heterocycles. The van der Waals surface area contributed by atoms with Gasteiger partial charge in [-0.15, -0.1) is 0 Å². The predicted octanol–water partition coefficient (Wildman–Crippen LogP) is 3.01. The predicted molar refractivity (Wildman–Crippen MR) is 66.3 cm³/mol. The van der Waals surface area contributed by atoms with Crippen LogP contribution in [0.25, 0.3) is 0 Å². The van der Waals surface area contributed by atoms with Gasteiger partial charge in [-0.25, -0.2) is 8.78 Å². The topological polar surface area (TPSA) is 44.5 Å². The minimum absolute atomic E-state index is 0.0398. The zero-order valence-corrected chi connectivity index (χ0v) is 11.3. The molecule has 2 N–H and O–H groups in total. The van der Waals surface area contributed by atoms with Crippen LogP contribution in [0.5, 0.6) is 11.5 Å². The molecule has 0 unspecified atom stereocenters. The molecule has 3 nitrogen and oxygen atoms in total. The Kier molecular flexibility index (Phi) is 3.86. The molecule has 0 heterocycles. The molecule has 0 amide bonds. The Balaban J connectivity index is 3.57. The second-order valence-electron chi connectivity index (χ2n) is 4.87. The van der Waals surface area contributed by atoms with Gasteiger partial charge < -0.3 is 15.2 Å². The maximum Gasteiger partial charge on any atom is 0.274 e. The van der Waals surface area contributed by atoms with Crippen molar-refractivity contribution in [2.75, 3.05) is 14.2 Å². The van der Waals surface area contributed by atoms with Crippen molar-refractivity contribution in [3.05, 3.63) is 23.3 Å². The normalized spacial score (nSPS) is 12.4. The molecule has 1 rings (SSSR count). The third-order valence-electron chi connectivity index (χ3n) is 2.70. The Labute approximate surface area is 106 Å². The van der Waals surface area contributed by atoms with Crippen LogP contribution in [0, 0.1) is 0 Å². The average Bonchev–Trinajstić information content (AvgIpc) is 2.24. The minimum atomic E-state index is -3.03. The Bertz CT molecular complexity index is 434. The lowest BCUT2D eigenvalue weighted by Crippen LogP contribution is -2.29. The lowest BCUT2D eigenvalue weighted by molar-refractivity contribution is 0.0146. The number of rotatable bonds is 4. The summed E-state index contributed by atoms with van der Waals surface area (Å²) >= 11 is 0. The second-order valence-corrected chi connectivity index (χ2v) is 4.87. The molecule has 0 saturated heterocycles. The van der Waals surface area contributed by atoms with E-state index >= 15 is 0 Å². The van der Waals surface area contributed by atoms with E-state index in [9.17, 15) is 8.78 Å². The highest BCUT2D eigenvalue weighted by atomic mass is 19.3. The van der Waals surface area contributed by atoms with E-state index < -0.39 is 11.5 Å². The van der Waals surface area contributed by atoms with E-state index in [-0.39, 0.29) is 17.1 Å². The number of nitrogens with two attached hydrogens (primary N) is 1. The van der Waals surface area contributed by atoms with E-state index in [1.165, 1.54) is 20.3 Å². The summed E-state index contributed by atoms with van der Waals surface area (Å²) in [7, 11) is 2.74. The summed E-state index contributed by atoms with van der Waals surface area (Å²) in [6.45, 7) is 4.30. The molecule has 1 aromatic rings. The first-order chi connectivity index (χ1) is 8.11. The summed E-state index contributed by atoms with van der Waals surface area (Å²) in [6, 6.07) is 2.98. The van der Waals surface area contributed by atoms with Gasteiger partial charge >= 0.3 is 0 Å². The van der Waals surface area contributed by atoms with Gasteiger partial charge in [0.05, 0.1) is 19.8 Å². The largest absolute Gasteiger partial charge is 0.493 e. The summed E-state index contributed by atoms with van der Waals surface area (Å²) in [5.74, 6) is -2.73. The number of methoxy groups -OCH3 is 2. The quantitative estimate of drug-likeness (QED) is 0.904. The van der Waals surface area contributed by atoms with Crippen molar-refractivity contribution in [1.82, 2.24) is 0 Å². The highest BCUT2D eigenvalue weighted by Gasteiger charge is 2.32. The molecule has 1 aromatic carbocycles. The van der Waals surface area contributed by atoms with Crippen LogP contribution in [0.1, 0.15) is 31.9 Å². The Morgan fingerprint density at radius 1 is 1.06 bits per heavy atom. The molecule has 0 spiro atoms. The first-order valence-electron chi connectivity index (χ1n) is 5.55. The average molecular weight is 259 g/mol. The first-order valence-corrected chi connectivity index (χ1v) is 5.55. The van der Waals surface area contributed by atoms with Crippen LogP contribution in [-0.2, 0) is 11.5 Å². The molecular formula is C13H19F2NO2. The van der Waals surface area contributed by atoms with E-state index in [4.69, 9.17) is 15.2 Å². The molecule has 0 aliphatic rings. The van der Waals surface area contributed by atoms with Crippen LogP contribution in [-0.4, -0.2) is 14.2 Å². The van der Waals surface area contributed by atoms with Gasteiger partial charge in [0, 0.05) is 12.5 Å². The smallest absolute Gasteiger partial charge is 0.274 e. The molecule has 18 heavy (non-hydrogen) atoms. The number of alkyl halides is 2. The summed E-state index contributed by atoms with van der Waals surface area (Å²) in [5, 5.41) is 0. The molecule has 0 aliphatic carbocycles. The number of halogens is 2. The van der Waals surface area contributed by atoms with Crippen molar-refractivity contribution >= 4 is 0 Å². The second kappa shape index (κ2) is 4.72. The van der Waals surface area contributed by atoms with E-state index in [2.05, 4.69) is 0 Å². The molecule has 0 atom stereocenters.